The van der Waals surface area contributed by atoms with Crippen LogP contribution in [0.5, 0.6) is 0 Å². The van der Waals surface area contributed by atoms with E-state index < -0.39 is 0 Å². The number of nitrogens with two attached hydrogens (primary N) is 1. The van der Waals surface area contributed by atoms with Crippen LogP contribution >= 0.6 is 0 Å². The molecule has 0 aromatic heterocycles. The van der Waals surface area contributed by atoms with Gasteiger partial charge in [-0.2, -0.15) is 0 Å². The third-order valence-electron chi connectivity index (χ3n) is 4.16. The SMILES string of the molecule is Cc1ccc(CN(C)CCC2(N)CCCC2)cc1. The molecule has 0 heterocycles. The number of benzene rings is 1. The van der Waals surface area contributed by atoms with Crippen molar-refractivity contribution in [3.05, 3.63) is 35.4 Å². The average molecular weight is 246 g/mol. The number of nitrogens with zero attached hydrogens (tertiary/aromatic N) is 1. The third-order valence-corrected chi connectivity index (χ3v) is 4.16. The molecule has 0 radical (unpaired) electrons. The van der Waals surface area contributed by atoms with E-state index in [1.54, 1.807) is 0 Å². The molecule has 2 rings (SSSR count). The topological polar surface area (TPSA) is 29.3 Å². The molecule has 1 saturated carbocycles. The van der Waals surface area contributed by atoms with E-state index in [1.807, 2.05) is 0 Å². The molecule has 0 amide bonds. The Morgan fingerprint density at radius 3 is 2.39 bits per heavy atom. The molecule has 2 N–H and O–H groups in total. The lowest BCUT2D eigenvalue weighted by Crippen LogP contribution is -2.39. The normalized spacial score (nSPS) is 18.4. The van der Waals surface area contributed by atoms with E-state index >= 15 is 0 Å². The molecule has 0 bridgehead atoms. The Hall–Kier alpha value is -0.860. The Labute approximate surface area is 111 Å². The summed E-state index contributed by atoms with van der Waals surface area (Å²) in [6.45, 7) is 4.26. The van der Waals surface area contributed by atoms with Crippen molar-refractivity contribution in [3.8, 4) is 0 Å². The molecule has 1 aliphatic rings. The maximum atomic E-state index is 6.39. The van der Waals surface area contributed by atoms with Crippen molar-refractivity contribution in [2.75, 3.05) is 13.6 Å². The van der Waals surface area contributed by atoms with Gasteiger partial charge in [0.15, 0.2) is 0 Å². The second kappa shape index (κ2) is 5.85. The van der Waals surface area contributed by atoms with Gasteiger partial charge in [0.25, 0.3) is 0 Å². The van der Waals surface area contributed by atoms with Crippen molar-refractivity contribution >= 4 is 0 Å². The van der Waals surface area contributed by atoms with E-state index in [-0.39, 0.29) is 5.54 Å². The van der Waals surface area contributed by atoms with E-state index in [0.717, 1.165) is 19.5 Å². The van der Waals surface area contributed by atoms with Crippen molar-refractivity contribution in [3.63, 3.8) is 0 Å². The molecule has 2 heteroatoms. The van der Waals surface area contributed by atoms with E-state index in [0.29, 0.717) is 0 Å². The summed E-state index contributed by atoms with van der Waals surface area (Å²) in [5, 5.41) is 0. The number of rotatable bonds is 5. The highest BCUT2D eigenvalue weighted by Crippen LogP contribution is 2.30. The van der Waals surface area contributed by atoms with Crippen LogP contribution in [-0.2, 0) is 6.54 Å². The van der Waals surface area contributed by atoms with Crippen LogP contribution < -0.4 is 5.73 Å². The zero-order chi connectivity index (χ0) is 13.0. The molecule has 0 atom stereocenters. The van der Waals surface area contributed by atoms with Gasteiger partial charge in [0, 0.05) is 12.1 Å². The Morgan fingerprint density at radius 2 is 1.78 bits per heavy atom. The first-order valence-corrected chi connectivity index (χ1v) is 7.10. The van der Waals surface area contributed by atoms with Crippen molar-refractivity contribution in [2.24, 2.45) is 5.73 Å². The van der Waals surface area contributed by atoms with E-state index in [9.17, 15) is 0 Å². The predicted octanol–water partition coefficient (Wildman–Crippen LogP) is 3.09. The summed E-state index contributed by atoms with van der Waals surface area (Å²) in [7, 11) is 2.19. The van der Waals surface area contributed by atoms with Crippen LogP contribution in [0.1, 0.15) is 43.2 Å². The Bertz CT molecular complexity index is 363. The summed E-state index contributed by atoms with van der Waals surface area (Å²) in [6.07, 6.45) is 6.20. The van der Waals surface area contributed by atoms with Gasteiger partial charge in [-0.15, -0.1) is 0 Å². The van der Waals surface area contributed by atoms with Crippen molar-refractivity contribution in [2.45, 2.75) is 51.1 Å². The monoisotopic (exact) mass is 246 g/mol. The van der Waals surface area contributed by atoms with Crippen LogP contribution in [0, 0.1) is 6.92 Å². The van der Waals surface area contributed by atoms with Crippen LogP contribution in [0.2, 0.25) is 0 Å². The van der Waals surface area contributed by atoms with Crippen LogP contribution in [0.15, 0.2) is 24.3 Å². The summed E-state index contributed by atoms with van der Waals surface area (Å²) >= 11 is 0. The van der Waals surface area contributed by atoms with Crippen molar-refractivity contribution < 1.29 is 0 Å². The summed E-state index contributed by atoms with van der Waals surface area (Å²) < 4.78 is 0. The lowest BCUT2D eigenvalue weighted by atomic mass is 9.94. The second-order valence-electron chi connectivity index (χ2n) is 6.04. The maximum Gasteiger partial charge on any atom is 0.0230 e. The molecule has 1 aromatic rings. The predicted molar refractivity (Wildman–Crippen MR) is 77.5 cm³/mol. The van der Waals surface area contributed by atoms with Gasteiger partial charge in [-0.25, -0.2) is 0 Å². The van der Waals surface area contributed by atoms with Gasteiger partial charge in [-0.1, -0.05) is 42.7 Å². The zero-order valence-corrected chi connectivity index (χ0v) is 11.8. The molecule has 0 saturated heterocycles. The fourth-order valence-electron chi connectivity index (χ4n) is 2.83. The lowest BCUT2D eigenvalue weighted by molar-refractivity contribution is 0.273. The molecule has 0 aliphatic heterocycles. The third kappa shape index (κ3) is 3.82. The summed E-state index contributed by atoms with van der Waals surface area (Å²) in [5.74, 6) is 0. The fourth-order valence-corrected chi connectivity index (χ4v) is 2.83. The highest BCUT2D eigenvalue weighted by molar-refractivity contribution is 5.21. The van der Waals surface area contributed by atoms with Gasteiger partial charge in [0.05, 0.1) is 0 Å². The van der Waals surface area contributed by atoms with E-state index in [4.69, 9.17) is 5.73 Å². The van der Waals surface area contributed by atoms with Crippen molar-refractivity contribution in [1.29, 1.82) is 0 Å². The second-order valence-corrected chi connectivity index (χ2v) is 6.04. The average Bonchev–Trinajstić information content (AvgIpc) is 2.78. The smallest absolute Gasteiger partial charge is 0.0230 e. The van der Waals surface area contributed by atoms with Crippen LogP contribution in [0.3, 0.4) is 0 Å². The first kappa shape index (κ1) is 13.6. The molecule has 18 heavy (non-hydrogen) atoms. The summed E-state index contributed by atoms with van der Waals surface area (Å²) in [4.78, 5) is 2.39. The fraction of sp³-hybridized carbons (Fsp3) is 0.625. The summed E-state index contributed by atoms with van der Waals surface area (Å²) in [5.41, 5.74) is 9.24. The largest absolute Gasteiger partial charge is 0.325 e. The van der Waals surface area contributed by atoms with E-state index in [2.05, 4.69) is 43.1 Å². The van der Waals surface area contributed by atoms with Crippen molar-refractivity contribution in [1.82, 2.24) is 4.90 Å². The first-order valence-electron chi connectivity index (χ1n) is 7.10. The van der Waals surface area contributed by atoms with Crippen LogP contribution in [-0.4, -0.2) is 24.0 Å². The quantitative estimate of drug-likeness (QED) is 0.865. The number of hydrogen-bond donors (Lipinski definition) is 1. The molecule has 1 fully saturated rings. The molecule has 1 aliphatic carbocycles. The Kier molecular flexibility index (Phi) is 4.41. The molecule has 0 unspecified atom stereocenters. The van der Waals surface area contributed by atoms with Gasteiger partial charge >= 0.3 is 0 Å². The molecule has 2 nitrogen and oxygen atoms in total. The molecule has 0 spiro atoms. The maximum absolute atomic E-state index is 6.39. The highest BCUT2D eigenvalue weighted by atomic mass is 15.1. The molecule has 1 aromatic carbocycles. The standard InChI is InChI=1S/C16H26N2/c1-14-5-7-15(8-6-14)13-18(2)12-11-16(17)9-3-4-10-16/h5-8H,3-4,9-13,17H2,1-2H3. The minimum Gasteiger partial charge on any atom is -0.325 e. The van der Waals surface area contributed by atoms with Gasteiger partial charge in [-0.05, 0) is 45.3 Å². The van der Waals surface area contributed by atoms with Crippen LogP contribution in [0.4, 0.5) is 0 Å². The van der Waals surface area contributed by atoms with Gasteiger partial charge in [0.2, 0.25) is 0 Å². The molecule has 100 valence electrons. The highest BCUT2D eigenvalue weighted by Gasteiger charge is 2.28. The Balaban J connectivity index is 1.78. The van der Waals surface area contributed by atoms with Gasteiger partial charge in [0.1, 0.15) is 0 Å². The van der Waals surface area contributed by atoms with Crippen LogP contribution in [0.25, 0.3) is 0 Å². The first-order chi connectivity index (χ1) is 8.57. The molecular weight excluding hydrogens is 220 g/mol. The number of aryl methyl sites for hydroxylation is 1. The van der Waals surface area contributed by atoms with E-state index in [1.165, 1.54) is 36.8 Å². The minimum atomic E-state index is 0.127. The molecular formula is C16H26N2. The minimum absolute atomic E-state index is 0.127. The van der Waals surface area contributed by atoms with Gasteiger partial charge < -0.3 is 10.6 Å². The Morgan fingerprint density at radius 1 is 1.17 bits per heavy atom. The lowest BCUT2D eigenvalue weighted by Gasteiger charge is -2.26. The number of hydrogen-bond acceptors (Lipinski definition) is 2. The summed E-state index contributed by atoms with van der Waals surface area (Å²) in [6, 6.07) is 8.81. The van der Waals surface area contributed by atoms with Gasteiger partial charge in [-0.3, -0.25) is 0 Å². The zero-order valence-electron chi connectivity index (χ0n) is 11.8.